The Morgan fingerprint density at radius 3 is 2.81 bits per heavy atom. The normalized spacial score (nSPS) is 10.8. The third-order valence-electron chi connectivity index (χ3n) is 2.49. The molecule has 16 heavy (non-hydrogen) atoms. The fourth-order valence-electron chi connectivity index (χ4n) is 1.59. The van der Waals surface area contributed by atoms with Crippen molar-refractivity contribution < 1.29 is 0 Å². The van der Waals surface area contributed by atoms with Crippen LogP contribution in [0.15, 0.2) is 16.3 Å². The summed E-state index contributed by atoms with van der Waals surface area (Å²) >= 11 is 3.38. The van der Waals surface area contributed by atoms with Gasteiger partial charge in [-0.25, -0.2) is 9.97 Å². The maximum absolute atomic E-state index is 4.61. The molecule has 0 aliphatic carbocycles. The van der Waals surface area contributed by atoms with Crippen molar-refractivity contribution in [3.8, 4) is 11.4 Å². The first kappa shape index (κ1) is 11.7. The topological polar surface area (TPSA) is 25.8 Å². The van der Waals surface area contributed by atoms with Gasteiger partial charge in [0.1, 0.15) is 11.4 Å². The number of aryl methyl sites for hydroxylation is 1. The van der Waals surface area contributed by atoms with Crippen LogP contribution >= 0.6 is 22.7 Å². The van der Waals surface area contributed by atoms with Crippen LogP contribution in [0, 0.1) is 0 Å². The number of thiazole rings is 2. The zero-order valence-electron chi connectivity index (χ0n) is 9.48. The smallest absolute Gasteiger partial charge is 0.101 e. The number of hydrogen-bond donors (Lipinski definition) is 0. The summed E-state index contributed by atoms with van der Waals surface area (Å²) in [6.45, 7) is 2.24. The average molecular weight is 252 g/mol. The van der Waals surface area contributed by atoms with E-state index in [-0.39, 0.29) is 0 Å². The monoisotopic (exact) mass is 252 g/mol. The van der Waals surface area contributed by atoms with E-state index in [4.69, 9.17) is 0 Å². The molecule has 0 saturated heterocycles. The Bertz CT molecular complexity index is 406. The number of rotatable bonds is 6. The van der Waals surface area contributed by atoms with Crippen LogP contribution in [0.25, 0.3) is 11.4 Å². The molecule has 2 aromatic heterocycles. The third-order valence-corrected chi connectivity index (χ3v) is 3.99. The van der Waals surface area contributed by atoms with Crippen LogP contribution in [0.5, 0.6) is 0 Å². The molecule has 0 spiro atoms. The molecule has 2 heterocycles. The Balaban J connectivity index is 1.88. The molecule has 2 nitrogen and oxygen atoms in total. The summed E-state index contributed by atoms with van der Waals surface area (Å²) in [5.41, 5.74) is 3.91. The van der Waals surface area contributed by atoms with E-state index in [2.05, 4.69) is 27.7 Å². The van der Waals surface area contributed by atoms with Gasteiger partial charge in [0, 0.05) is 10.8 Å². The van der Waals surface area contributed by atoms with Crippen molar-refractivity contribution in [3.63, 3.8) is 0 Å². The van der Waals surface area contributed by atoms with E-state index in [1.165, 1.54) is 30.7 Å². The Morgan fingerprint density at radius 2 is 2.06 bits per heavy atom. The Hall–Kier alpha value is -0.740. The first-order valence-corrected chi connectivity index (χ1v) is 7.55. The summed E-state index contributed by atoms with van der Waals surface area (Å²) in [6.07, 6.45) is 6.33. The van der Waals surface area contributed by atoms with E-state index in [0.29, 0.717) is 0 Å². The second-order valence-electron chi connectivity index (χ2n) is 3.81. The fraction of sp³-hybridized carbons (Fsp3) is 0.500. The molecule has 0 atom stereocenters. The molecule has 0 N–H and O–H groups in total. The molecule has 0 aromatic carbocycles. The Kier molecular flexibility index (Phi) is 4.48. The van der Waals surface area contributed by atoms with Crippen molar-refractivity contribution in [2.24, 2.45) is 0 Å². The van der Waals surface area contributed by atoms with Crippen molar-refractivity contribution in [3.05, 3.63) is 21.3 Å². The van der Waals surface area contributed by atoms with E-state index in [1.54, 1.807) is 22.7 Å². The summed E-state index contributed by atoms with van der Waals surface area (Å²) in [5, 5.41) is 5.42. The SMILES string of the molecule is CCCCCCc1nc(-c2cscn2)cs1. The van der Waals surface area contributed by atoms with E-state index >= 15 is 0 Å². The Morgan fingerprint density at radius 1 is 1.12 bits per heavy atom. The molecule has 2 rings (SSSR count). The summed E-state index contributed by atoms with van der Waals surface area (Å²) < 4.78 is 0. The van der Waals surface area contributed by atoms with E-state index in [1.807, 2.05) is 5.51 Å². The largest absolute Gasteiger partial charge is 0.243 e. The van der Waals surface area contributed by atoms with Gasteiger partial charge in [0.05, 0.1) is 10.5 Å². The van der Waals surface area contributed by atoms with Crippen LogP contribution in [0.1, 0.15) is 37.6 Å². The highest BCUT2D eigenvalue weighted by atomic mass is 32.1. The molecule has 0 unspecified atom stereocenters. The highest BCUT2D eigenvalue weighted by molar-refractivity contribution is 7.10. The van der Waals surface area contributed by atoms with Crippen molar-refractivity contribution in [2.75, 3.05) is 0 Å². The third kappa shape index (κ3) is 3.12. The van der Waals surface area contributed by atoms with Gasteiger partial charge in [0.15, 0.2) is 0 Å². The molecule has 0 saturated carbocycles. The molecule has 0 aliphatic rings. The predicted molar refractivity (Wildman–Crippen MR) is 71.1 cm³/mol. The second-order valence-corrected chi connectivity index (χ2v) is 5.47. The molecule has 0 bridgehead atoms. The summed E-state index contributed by atoms with van der Waals surface area (Å²) in [7, 11) is 0. The maximum atomic E-state index is 4.61. The van der Waals surface area contributed by atoms with Crippen LogP contribution in [0.3, 0.4) is 0 Å². The van der Waals surface area contributed by atoms with Crippen molar-refractivity contribution in [1.82, 2.24) is 9.97 Å². The van der Waals surface area contributed by atoms with Gasteiger partial charge in [-0.05, 0) is 12.8 Å². The van der Waals surface area contributed by atoms with Gasteiger partial charge in [-0.1, -0.05) is 26.2 Å². The average Bonchev–Trinajstić information content (AvgIpc) is 2.94. The summed E-state index contributed by atoms with van der Waals surface area (Å²) in [4.78, 5) is 8.89. The van der Waals surface area contributed by atoms with Crippen molar-refractivity contribution in [1.29, 1.82) is 0 Å². The molecule has 86 valence electrons. The number of hydrogen-bond acceptors (Lipinski definition) is 4. The molecule has 0 aliphatic heterocycles. The van der Waals surface area contributed by atoms with Gasteiger partial charge < -0.3 is 0 Å². The highest BCUT2D eigenvalue weighted by Gasteiger charge is 2.05. The molecule has 0 fully saturated rings. The molecule has 2 aromatic rings. The van der Waals surface area contributed by atoms with Gasteiger partial charge in [0.2, 0.25) is 0 Å². The van der Waals surface area contributed by atoms with E-state index in [9.17, 15) is 0 Å². The molecule has 0 amide bonds. The van der Waals surface area contributed by atoms with Crippen LogP contribution in [-0.4, -0.2) is 9.97 Å². The lowest BCUT2D eigenvalue weighted by atomic mass is 10.2. The zero-order chi connectivity index (χ0) is 11.2. The summed E-state index contributed by atoms with van der Waals surface area (Å²) in [5.74, 6) is 0. The zero-order valence-corrected chi connectivity index (χ0v) is 11.1. The number of aromatic nitrogens is 2. The fourth-order valence-corrected chi connectivity index (χ4v) is 2.97. The maximum Gasteiger partial charge on any atom is 0.101 e. The van der Waals surface area contributed by atoms with Gasteiger partial charge in [-0.3, -0.25) is 0 Å². The number of nitrogens with zero attached hydrogens (tertiary/aromatic N) is 2. The standard InChI is InChI=1S/C12H16N2S2/c1-2-3-4-5-6-12-14-11(8-16-12)10-7-15-9-13-10/h7-9H,2-6H2,1H3. The van der Waals surface area contributed by atoms with Gasteiger partial charge in [0.25, 0.3) is 0 Å². The lowest BCUT2D eigenvalue weighted by Crippen LogP contribution is -1.85. The second kappa shape index (κ2) is 6.11. The van der Waals surface area contributed by atoms with E-state index < -0.39 is 0 Å². The van der Waals surface area contributed by atoms with E-state index in [0.717, 1.165) is 17.8 Å². The van der Waals surface area contributed by atoms with Crippen LogP contribution < -0.4 is 0 Å². The quantitative estimate of drug-likeness (QED) is 0.713. The minimum Gasteiger partial charge on any atom is -0.243 e. The molecular formula is C12H16N2S2. The lowest BCUT2D eigenvalue weighted by molar-refractivity contribution is 0.665. The molecule has 0 radical (unpaired) electrons. The highest BCUT2D eigenvalue weighted by Crippen LogP contribution is 2.22. The van der Waals surface area contributed by atoms with Crippen LogP contribution in [0.4, 0.5) is 0 Å². The van der Waals surface area contributed by atoms with Crippen LogP contribution in [0.2, 0.25) is 0 Å². The van der Waals surface area contributed by atoms with Gasteiger partial charge >= 0.3 is 0 Å². The van der Waals surface area contributed by atoms with Crippen LogP contribution in [-0.2, 0) is 6.42 Å². The Labute approximate surface area is 104 Å². The number of unbranched alkanes of at least 4 members (excludes halogenated alkanes) is 3. The first-order valence-electron chi connectivity index (χ1n) is 5.73. The molecular weight excluding hydrogens is 236 g/mol. The minimum absolute atomic E-state index is 1.01. The van der Waals surface area contributed by atoms with Gasteiger partial charge in [-0.2, -0.15) is 0 Å². The van der Waals surface area contributed by atoms with Gasteiger partial charge in [-0.15, -0.1) is 22.7 Å². The minimum atomic E-state index is 1.01. The first-order chi connectivity index (χ1) is 7.90. The summed E-state index contributed by atoms with van der Waals surface area (Å²) in [6, 6.07) is 0. The molecule has 4 heteroatoms. The predicted octanol–water partition coefficient (Wildman–Crippen LogP) is 4.39. The van der Waals surface area contributed by atoms with Crippen molar-refractivity contribution in [2.45, 2.75) is 39.0 Å². The van der Waals surface area contributed by atoms with Crippen molar-refractivity contribution >= 4 is 22.7 Å². The lowest BCUT2D eigenvalue weighted by Gasteiger charge is -1.95.